The Balaban J connectivity index is 1.38. The van der Waals surface area contributed by atoms with Crippen molar-refractivity contribution in [2.45, 2.75) is 20.0 Å². The number of halogens is 2. The molecule has 11 heteroatoms. The highest BCUT2D eigenvalue weighted by atomic mass is 79.9. The van der Waals surface area contributed by atoms with Crippen molar-refractivity contribution in [2.24, 2.45) is 0 Å². The van der Waals surface area contributed by atoms with Crippen LogP contribution in [0.15, 0.2) is 76.1 Å². The standard InChI is InChI=1S/C29H24BrClN2O6S/c1-2-12-38-28(36)21-15-20(9-10-23(21)31)32-26(34)16-33-27(35)25(40-29(33)37)14-19-8-11-24(22(30)13-19)39-17-18-6-4-3-5-7-18/h3-11,13-15H,2,12,16-17H2,1H3,(H,32,34)/b25-14+. The number of thioether (sulfide) groups is 1. The molecule has 1 saturated heterocycles. The third-order valence-electron chi connectivity index (χ3n) is 5.57. The van der Waals surface area contributed by atoms with E-state index >= 15 is 0 Å². The molecule has 3 aromatic carbocycles. The summed E-state index contributed by atoms with van der Waals surface area (Å²) in [6.07, 6.45) is 2.24. The van der Waals surface area contributed by atoms with E-state index in [0.717, 1.165) is 22.2 Å². The third-order valence-corrected chi connectivity index (χ3v) is 7.43. The molecule has 0 saturated carbocycles. The summed E-state index contributed by atoms with van der Waals surface area (Å²) in [4.78, 5) is 51.4. The second-order valence-electron chi connectivity index (χ2n) is 8.61. The molecule has 1 heterocycles. The number of carbonyl (C=O) groups is 4. The van der Waals surface area contributed by atoms with Gasteiger partial charge in [0.2, 0.25) is 5.91 Å². The predicted octanol–water partition coefficient (Wildman–Crippen LogP) is 6.92. The number of nitrogens with zero attached hydrogens (tertiary/aromatic N) is 1. The van der Waals surface area contributed by atoms with E-state index in [4.69, 9.17) is 21.1 Å². The first-order chi connectivity index (χ1) is 19.2. The summed E-state index contributed by atoms with van der Waals surface area (Å²) in [5.74, 6) is -1.16. The lowest BCUT2D eigenvalue weighted by Crippen LogP contribution is -2.36. The van der Waals surface area contributed by atoms with Gasteiger partial charge in [-0.15, -0.1) is 0 Å². The van der Waals surface area contributed by atoms with Crippen LogP contribution < -0.4 is 10.1 Å². The molecule has 40 heavy (non-hydrogen) atoms. The Hall–Kier alpha value is -3.60. The lowest BCUT2D eigenvalue weighted by atomic mass is 10.2. The molecule has 8 nitrogen and oxygen atoms in total. The number of ether oxygens (including phenoxy) is 2. The van der Waals surface area contributed by atoms with Crippen LogP contribution in [0.5, 0.6) is 5.75 Å². The van der Waals surface area contributed by atoms with Crippen LogP contribution in [0.2, 0.25) is 5.02 Å². The van der Waals surface area contributed by atoms with Gasteiger partial charge in [0.25, 0.3) is 11.1 Å². The molecule has 1 aliphatic heterocycles. The number of anilines is 1. The van der Waals surface area contributed by atoms with Crippen molar-refractivity contribution in [1.29, 1.82) is 0 Å². The maximum absolute atomic E-state index is 12.9. The van der Waals surface area contributed by atoms with Crippen LogP contribution in [-0.4, -0.2) is 41.1 Å². The monoisotopic (exact) mass is 642 g/mol. The van der Waals surface area contributed by atoms with Crippen LogP contribution >= 0.6 is 39.3 Å². The zero-order chi connectivity index (χ0) is 28.6. The summed E-state index contributed by atoms with van der Waals surface area (Å²) in [5, 5.41) is 2.21. The molecule has 3 aromatic rings. The lowest BCUT2D eigenvalue weighted by Gasteiger charge is -2.13. The Bertz CT molecular complexity index is 1480. The average Bonchev–Trinajstić information content (AvgIpc) is 3.20. The van der Waals surface area contributed by atoms with Gasteiger partial charge in [0.05, 0.1) is 26.6 Å². The van der Waals surface area contributed by atoms with Gasteiger partial charge in [-0.25, -0.2) is 4.79 Å². The van der Waals surface area contributed by atoms with Gasteiger partial charge < -0.3 is 14.8 Å². The van der Waals surface area contributed by atoms with Crippen LogP contribution in [0.4, 0.5) is 10.5 Å². The number of esters is 1. The molecule has 206 valence electrons. The number of rotatable bonds is 10. The van der Waals surface area contributed by atoms with Crippen LogP contribution in [0.1, 0.15) is 34.8 Å². The number of benzene rings is 3. The van der Waals surface area contributed by atoms with E-state index < -0.39 is 29.6 Å². The minimum absolute atomic E-state index is 0.102. The summed E-state index contributed by atoms with van der Waals surface area (Å²) in [5.41, 5.74) is 2.09. The van der Waals surface area contributed by atoms with Gasteiger partial charge in [-0.2, -0.15) is 0 Å². The molecule has 1 N–H and O–H groups in total. The van der Waals surface area contributed by atoms with E-state index in [1.165, 1.54) is 18.2 Å². The number of hydrogen-bond acceptors (Lipinski definition) is 7. The van der Waals surface area contributed by atoms with E-state index in [9.17, 15) is 19.2 Å². The first-order valence-corrected chi connectivity index (χ1v) is 14.2. The molecule has 1 aliphatic rings. The van der Waals surface area contributed by atoms with E-state index in [1.54, 1.807) is 24.3 Å². The smallest absolute Gasteiger partial charge is 0.339 e. The van der Waals surface area contributed by atoms with Gasteiger partial charge in [0.1, 0.15) is 18.9 Å². The van der Waals surface area contributed by atoms with Crippen LogP contribution in [0.3, 0.4) is 0 Å². The van der Waals surface area contributed by atoms with Crippen molar-refractivity contribution in [3.05, 3.63) is 97.8 Å². The second-order valence-corrected chi connectivity index (χ2v) is 10.9. The predicted molar refractivity (Wildman–Crippen MR) is 158 cm³/mol. The largest absolute Gasteiger partial charge is 0.488 e. The fourth-order valence-corrected chi connectivity index (χ4v) is 5.17. The van der Waals surface area contributed by atoms with E-state index in [1.807, 2.05) is 37.3 Å². The van der Waals surface area contributed by atoms with Gasteiger partial charge in [0, 0.05) is 5.69 Å². The highest BCUT2D eigenvalue weighted by molar-refractivity contribution is 9.10. The molecule has 0 atom stereocenters. The third kappa shape index (κ3) is 7.53. The van der Waals surface area contributed by atoms with Gasteiger partial charge in [-0.05, 0) is 81.6 Å². The van der Waals surface area contributed by atoms with Crippen LogP contribution in [-0.2, 0) is 20.9 Å². The van der Waals surface area contributed by atoms with Crippen molar-refractivity contribution in [3.8, 4) is 5.75 Å². The fraction of sp³-hybridized carbons (Fsp3) is 0.172. The first kappa shape index (κ1) is 29.4. The Morgan fingerprint density at radius 1 is 1.07 bits per heavy atom. The zero-order valence-corrected chi connectivity index (χ0v) is 24.5. The maximum Gasteiger partial charge on any atom is 0.339 e. The SMILES string of the molecule is CCCOC(=O)c1cc(NC(=O)CN2C(=O)S/C(=C/c3ccc(OCc4ccccc4)c(Br)c3)C2=O)ccc1Cl. The average molecular weight is 644 g/mol. The normalized spacial score (nSPS) is 14.0. The van der Waals surface area contributed by atoms with Crippen molar-refractivity contribution in [1.82, 2.24) is 4.90 Å². The topological polar surface area (TPSA) is 102 Å². The molecule has 0 bridgehead atoms. The van der Waals surface area contributed by atoms with Crippen LogP contribution in [0.25, 0.3) is 6.08 Å². The number of amides is 3. The number of nitrogens with one attached hydrogen (secondary N) is 1. The van der Waals surface area contributed by atoms with Gasteiger partial charge in [-0.1, -0.05) is 54.9 Å². The zero-order valence-electron chi connectivity index (χ0n) is 21.3. The second kappa shape index (κ2) is 13.6. The van der Waals surface area contributed by atoms with Crippen molar-refractivity contribution in [2.75, 3.05) is 18.5 Å². The van der Waals surface area contributed by atoms with Crippen molar-refractivity contribution >= 4 is 74.1 Å². The van der Waals surface area contributed by atoms with Crippen molar-refractivity contribution in [3.63, 3.8) is 0 Å². The summed E-state index contributed by atoms with van der Waals surface area (Å²) in [6.45, 7) is 2.01. The minimum Gasteiger partial charge on any atom is -0.488 e. The minimum atomic E-state index is -0.610. The summed E-state index contributed by atoms with van der Waals surface area (Å²) in [7, 11) is 0. The summed E-state index contributed by atoms with van der Waals surface area (Å²) < 4.78 is 11.7. The first-order valence-electron chi connectivity index (χ1n) is 12.2. The Morgan fingerprint density at radius 3 is 2.58 bits per heavy atom. The fourth-order valence-electron chi connectivity index (χ4n) is 3.62. The molecule has 0 unspecified atom stereocenters. The molecule has 0 aliphatic carbocycles. The Kier molecular flexibility index (Phi) is 10.0. The molecule has 0 radical (unpaired) electrons. The Morgan fingerprint density at radius 2 is 1.85 bits per heavy atom. The molecule has 0 aromatic heterocycles. The quantitative estimate of drug-likeness (QED) is 0.189. The van der Waals surface area contributed by atoms with Gasteiger partial charge >= 0.3 is 5.97 Å². The highest BCUT2D eigenvalue weighted by Gasteiger charge is 2.36. The van der Waals surface area contributed by atoms with Gasteiger partial charge in [-0.3, -0.25) is 19.3 Å². The van der Waals surface area contributed by atoms with Crippen LogP contribution in [0, 0.1) is 0 Å². The summed E-state index contributed by atoms with van der Waals surface area (Å²) in [6, 6.07) is 19.4. The number of carbonyl (C=O) groups excluding carboxylic acids is 4. The summed E-state index contributed by atoms with van der Waals surface area (Å²) >= 11 is 10.3. The number of imide groups is 1. The molecule has 4 rings (SSSR count). The van der Waals surface area contributed by atoms with E-state index in [2.05, 4.69) is 21.2 Å². The van der Waals surface area contributed by atoms with Crippen molar-refractivity contribution < 1.29 is 28.7 Å². The molecular formula is C29H24BrClN2O6S. The van der Waals surface area contributed by atoms with E-state index in [-0.39, 0.29) is 27.8 Å². The Labute approximate surface area is 248 Å². The maximum atomic E-state index is 12.9. The molecule has 3 amide bonds. The van der Waals surface area contributed by atoms with E-state index in [0.29, 0.717) is 28.8 Å². The highest BCUT2D eigenvalue weighted by Crippen LogP contribution is 2.34. The molecular weight excluding hydrogens is 620 g/mol. The lowest BCUT2D eigenvalue weighted by molar-refractivity contribution is -0.127. The number of hydrogen-bond donors (Lipinski definition) is 1. The molecule has 1 fully saturated rings. The van der Waals surface area contributed by atoms with Gasteiger partial charge in [0.15, 0.2) is 0 Å². The molecule has 0 spiro atoms.